The molecule has 5 nitrogen and oxygen atoms in total. The molecule has 7 heteroatoms. The second-order valence-corrected chi connectivity index (χ2v) is 7.78. The first-order valence-electron chi connectivity index (χ1n) is 7.53. The highest BCUT2D eigenvalue weighted by atomic mass is 32.2. The molecule has 0 saturated heterocycles. The third kappa shape index (κ3) is 4.37. The summed E-state index contributed by atoms with van der Waals surface area (Å²) < 4.78 is 32.7. The molecule has 1 aliphatic heterocycles. The first-order valence-corrected chi connectivity index (χ1v) is 9.96. The largest absolute Gasteiger partial charge is 0.462 e. The molecule has 0 fully saturated rings. The van der Waals surface area contributed by atoms with Crippen LogP contribution in [0.2, 0.25) is 0 Å². The minimum absolute atomic E-state index is 0.171. The van der Waals surface area contributed by atoms with Gasteiger partial charge in [-0.1, -0.05) is 48.5 Å². The van der Waals surface area contributed by atoms with Gasteiger partial charge < -0.3 is 4.74 Å². The Morgan fingerprint density at radius 1 is 1.08 bits per heavy atom. The summed E-state index contributed by atoms with van der Waals surface area (Å²) in [4.78, 5) is 11.9. The van der Waals surface area contributed by atoms with Gasteiger partial charge in [0.25, 0.3) is 10.0 Å². The van der Waals surface area contributed by atoms with Gasteiger partial charge in [-0.15, -0.1) is 11.8 Å². The second-order valence-electron chi connectivity index (χ2n) is 5.13. The van der Waals surface area contributed by atoms with Gasteiger partial charge in [0.1, 0.15) is 11.7 Å². The number of ether oxygens (including phenoxy) is 1. The normalized spacial score (nSPS) is 15.0. The standard InChI is InChI=1S/C18H15NO4S2/c20-17(11-10-14-6-2-1-3-7-14)23-12-13-24-18-15-8-4-5-9-16(15)25(21,22)19-18/h1-11H,12-13H2. The quantitative estimate of drug-likeness (QED) is 0.457. The number of sulfonamides is 1. The maximum atomic E-state index is 11.9. The van der Waals surface area contributed by atoms with Crippen LogP contribution >= 0.6 is 11.8 Å². The van der Waals surface area contributed by atoms with E-state index in [0.29, 0.717) is 16.4 Å². The SMILES string of the molecule is O=C(C=Cc1ccccc1)OCCSC1=NS(=O)(=O)c2ccccc21. The molecular formula is C18H15NO4S2. The van der Waals surface area contributed by atoms with Crippen LogP contribution in [0.1, 0.15) is 11.1 Å². The number of benzene rings is 2. The van der Waals surface area contributed by atoms with Crippen LogP contribution in [0, 0.1) is 0 Å². The average Bonchev–Trinajstić information content (AvgIpc) is 2.89. The maximum Gasteiger partial charge on any atom is 0.330 e. The van der Waals surface area contributed by atoms with Crippen molar-refractivity contribution in [3.63, 3.8) is 0 Å². The lowest BCUT2D eigenvalue weighted by molar-refractivity contribution is -0.137. The zero-order chi connectivity index (χ0) is 17.7. The van der Waals surface area contributed by atoms with E-state index in [1.165, 1.54) is 23.9 Å². The molecule has 2 aromatic rings. The van der Waals surface area contributed by atoms with Gasteiger partial charge in [-0.25, -0.2) is 4.79 Å². The molecule has 0 bridgehead atoms. The first kappa shape index (κ1) is 17.4. The van der Waals surface area contributed by atoms with Gasteiger partial charge in [-0.2, -0.15) is 12.8 Å². The predicted octanol–water partition coefficient (Wildman–Crippen LogP) is 3.13. The third-order valence-electron chi connectivity index (χ3n) is 3.38. The van der Waals surface area contributed by atoms with Gasteiger partial charge in [0, 0.05) is 17.4 Å². The van der Waals surface area contributed by atoms with Crippen molar-refractivity contribution in [2.45, 2.75) is 4.90 Å². The van der Waals surface area contributed by atoms with E-state index in [4.69, 9.17) is 4.74 Å². The highest BCUT2D eigenvalue weighted by molar-refractivity contribution is 8.15. The summed E-state index contributed by atoms with van der Waals surface area (Å²) in [6, 6.07) is 16.1. The highest BCUT2D eigenvalue weighted by Gasteiger charge is 2.28. The molecule has 0 atom stereocenters. The van der Waals surface area contributed by atoms with Crippen molar-refractivity contribution in [1.29, 1.82) is 0 Å². The third-order valence-corrected chi connectivity index (χ3v) is 5.78. The summed E-state index contributed by atoms with van der Waals surface area (Å²) in [7, 11) is -3.60. The molecule has 2 aromatic carbocycles. The van der Waals surface area contributed by atoms with Gasteiger partial charge in [-0.3, -0.25) is 0 Å². The molecule has 3 rings (SSSR count). The van der Waals surface area contributed by atoms with E-state index in [1.54, 1.807) is 24.3 Å². The van der Waals surface area contributed by atoms with Gasteiger partial charge in [0.2, 0.25) is 0 Å². The summed E-state index contributed by atoms with van der Waals surface area (Å²) in [6.07, 6.45) is 3.05. The molecule has 1 aliphatic rings. The number of hydrogen-bond donors (Lipinski definition) is 0. The van der Waals surface area contributed by atoms with Crippen LogP contribution in [0.4, 0.5) is 0 Å². The summed E-state index contributed by atoms with van der Waals surface area (Å²) in [5.74, 6) is -0.0148. The summed E-state index contributed by atoms with van der Waals surface area (Å²) in [6.45, 7) is 0.171. The number of carbonyl (C=O) groups excluding carboxylic acids is 1. The Hall–Kier alpha value is -2.38. The fraction of sp³-hybridized carbons (Fsp3) is 0.111. The fourth-order valence-corrected chi connectivity index (χ4v) is 4.61. The second kappa shape index (κ2) is 7.67. The number of nitrogens with zero attached hydrogens (tertiary/aromatic N) is 1. The van der Waals surface area contributed by atoms with E-state index < -0.39 is 16.0 Å². The van der Waals surface area contributed by atoms with Crippen molar-refractivity contribution in [2.75, 3.05) is 12.4 Å². The van der Waals surface area contributed by atoms with Gasteiger partial charge in [0.05, 0.1) is 4.90 Å². The summed E-state index contributed by atoms with van der Waals surface area (Å²) >= 11 is 1.25. The molecule has 0 saturated carbocycles. The van der Waals surface area contributed by atoms with Crippen LogP contribution in [0.25, 0.3) is 6.08 Å². The molecule has 0 aromatic heterocycles. The first-order chi connectivity index (χ1) is 12.1. The van der Waals surface area contributed by atoms with E-state index in [9.17, 15) is 13.2 Å². The van der Waals surface area contributed by atoms with Crippen LogP contribution in [0.5, 0.6) is 0 Å². The van der Waals surface area contributed by atoms with E-state index in [2.05, 4.69) is 4.40 Å². The molecule has 128 valence electrons. The molecule has 25 heavy (non-hydrogen) atoms. The topological polar surface area (TPSA) is 72.8 Å². The molecule has 0 aliphatic carbocycles. The maximum absolute atomic E-state index is 11.9. The van der Waals surface area contributed by atoms with E-state index in [-0.39, 0.29) is 11.5 Å². The van der Waals surface area contributed by atoms with Crippen molar-refractivity contribution in [1.82, 2.24) is 0 Å². The van der Waals surface area contributed by atoms with E-state index in [1.807, 2.05) is 30.3 Å². The van der Waals surface area contributed by atoms with Crippen molar-refractivity contribution in [2.24, 2.45) is 4.40 Å². The van der Waals surface area contributed by atoms with Crippen LogP contribution < -0.4 is 0 Å². The summed E-state index contributed by atoms with van der Waals surface area (Å²) in [5, 5.41) is 0.437. The van der Waals surface area contributed by atoms with Crippen molar-refractivity contribution >= 4 is 38.9 Å². The molecule has 0 spiro atoms. The lowest BCUT2D eigenvalue weighted by Crippen LogP contribution is -2.05. The molecule has 0 N–H and O–H groups in total. The van der Waals surface area contributed by atoms with Crippen molar-refractivity contribution in [3.8, 4) is 0 Å². The van der Waals surface area contributed by atoms with Crippen LogP contribution in [0.15, 0.2) is 70.0 Å². The van der Waals surface area contributed by atoms with Crippen molar-refractivity contribution in [3.05, 3.63) is 71.8 Å². The number of carbonyl (C=O) groups is 1. The zero-order valence-electron chi connectivity index (χ0n) is 13.2. The Morgan fingerprint density at radius 3 is 2.60 bits per heavy atom. The number of fused-ring (bicyclic) bond motifs is 1. The Morgan fingerprint density at radius 2 is 1.80 bits per heavy atom. The number of rotatable bonds is 5. The monoisotopic (exact) mass is 373 g/mol. The smallest absolute Gasteiger partial charge is 0.330 e. The molecule has 1 heterocycles. The average molecular weight is 373 g/mol. The molecule has 0 radical (unpaired) electrons. The minimum Gasteiger partial charge on any atom is -0.462 e. The highest BCUT2D eigenvalue weighted by Crippen LogP contribution is 2.30. The van der Waals surface area contributed by atoms with Crippen molar-refractivity contribution < 1.29 is 17.9 Å². The molecule has 0 unspecified atom stereocenters. The molecule has 0 amide bonds. The Bertz CT molecular complexity index is 935. The van der Waals surface area contributed by atoms with Crippen LogP contribution in [-0.4, -0.2) is 31.8 Å². The number of thioether (sulfide) groups is 1. The lowest BCUT2D eigenvalue weighted by Gasteiger charge is -2.03. The molecular weight excluding hydrogens is 358 g/mol. The number of hydrogen-bond acceptors (Lipinski definition) is 5. The summed E-state index contributed by atoms with van der Waals surface area (Å²) in [5.41, 5.74) is 1.51. The predicted molar refractivity (Wildman–Crippen MR) is 99.1 cm³/mol. The van der Waals surface area contributed by atoms with Gasteiger partial charge in [0.15, 0.2) is 0 Å². The Labute approximate surface area is 150 Å². The van der Waals surface area contributed by atoms with Gasteiger partial charge >= 0.3 is 5.97 Å². The van der Waals surface area contributed by atoms with Gasteiger partial charge in [-0.05, 0) is 17.7 Å². The van der Waals surface area contributed by atoms with Crippen LogP contribution in [0.3, 0.4) is 0 Å². The van der Waals surface area contributed by atoms with E-state index >= 15 is 0 Å². The zero-order valence-corrected chi connectivity index (χ0v) is 14.8. The Kier molecular flexibility index (Phi) is 5.35. The number of esters is 1. The lowest BCUT2D eigenvalue weighted by atomic mass is 10.2. The minimum atomic E-state index is -3.60. The van der Waals surface area contributed by atoms with Crippen LogP contribution in [-0.2, 0) is 19.6 Å². The van der Waals surface area contributed by atoms with E-state index in [0.717, 1.165) is 5.56 Å². The fourth-order valence-electron chi connectivity index (χ4n) is 2.24. The Balaban J connectivity index is 1.49.